The summed E-state index contributed by atoms with van der Waals surface area (Å²) in [6, 6.07) is 30.0. The number of likely N-dealkylation sites (tertiary alicyclic amines) is 1. The van der Waals surface area contributed by atoms with Gasteiger partial charge in [0.05, 0.1) is 52.8 Å². The second-order valence-corrected chi connectivity index (χ2v) is 13.5. The number of aromatic amines is 2. The zero-order valence-electron chi connectivity index (χ0n) is 28.2. The number of carbonyl (C=O) groups excluding carboxylic acids is 2. The minimum Gasteiger partial charge on any atom is -0.461 e. The quantitative estimate of drug-likeness (QED) is 0.119. The molecule has 8 rings (SSSR count). The molecule has 3 heterocycles. The molecule has 1 amide bonds. The van der Waals surface area contributed by atoms with Gasteiger partial charge in [0, 0.05) is 23.5 Å². The maximum absolute atomic E-state index is 13.1. The van der Waals surface area contributed by atoms with Gasteiger partial charge in [-0.1, -0.05) is 72.5 Å². The van der Waals surface area contributed by atoms with Crippen LogP contribution in [0.2, 0.25) is 0 Å². The summed E-state index contributed by atoms with van der Waals surface area (Å²) < 4.78 is 11.2. The van der Waals surface area contributed by atoms with E-state index in [0.29, 0.717) is 36.4 Å². The van der Waals surface area contributed by atoms with Crippen molar-refractivity contribution in [3.8, 4) is 11.8 Å². The fourth-order valence-corrected chi connectivity index (χ4v) is 7.17. The number of β-amino-alcohol motifs (C(OH)–C–C–N with tert-alkyl or cyclic N) is 1. The maximum atomic E-state index is 13.1. The molecule has 1 unspecified atom stereocenters. The predicted molar refractivity (Wildman–Crippen MR) is 193 cm³/mol. The van der Waals surface area contributed by atoms with Gasteiger partial charge in [-0.15, -0.1) is 0 Å². The number of nitrogens with one attached hydrogen (secondary N) is 2. The van der Waals surface area contributed by atoms with Crippen LogP contribution < -0.4 is 0 Å². The van der Waals surface area contributed by atoms with E-state index in [-0.39, 0.29) is 31.6 Å². The number of aliphatic hydroxyl groups excluding tert-OH is 2. The lowest BCUT2D eigenvalue weighted by atomic mass is 9.95. The average molecular weight is 696 g/mol. The number of nitrogens with zero attached hydrogens (tertiary/aromatic N) is 3. The molecule has 52 heavy (non-hydrogen) atoms. The van der Waals surface area contributed by atoms with Gasteiger partial charge in [-0.05, 0) is 60.4 Å². The van der Waals surface area contributed by atoms with E-state index >= 15 is 0 Å². The Morgan fingerprint density at radius 3 is 1.92 bits per heavy atom. The number of hydrogen-bond donors (Lipinski definition) is 4. The minimum absolute atomic E-state index is 0.145. The number of imidazole rings is 2. The molecule has 0 bridgehead atoms. The molecule has 2 fully saturated rings. The SMILES string of the molecule is O=C(OCc1ccccc1)C1C[C@H](O)C[C@H]1c1nc2cc(C#Cc3ccc4[nH]c([C@@H]5C[C@@H](O)CN5C(=O)OCc5ccccc5)nc4c3)ccc2[nH]1. The Balaban J connectivity index is 0.955. The van der Waals surface area contributed by atoms with Crippen LogP contribution in [0.4, 0.5) is 4.79 Å². The van der Waals surface area contributed by atoms with Crippen molar-refractivity contribution in [1.29, 1.82) is 0 Å². The van der Waals surface area contributed by atoms with Gasteiger partial charge >= 0.3 is 12.1 Å². The van der Waals surface area contributed by atoms with E-state index in [9.17, 15) is 19.8 Å². The lowest BCUT2D eigenvalue weighted by Gasteiger charge is -2.22. The summed E-state index contributed by atoms with van der Waals surface area (Å²) in [5.74, 6) is 6.55. The number of carbonyl (C=O) groups is 2. The molecule has 4 aromatic carbocycles. The number of aromatic nitrogens is 4. The fraction of sp³-hybridized carbons (Fsp3) is 0.268. The molecule has 262 valence electrons. The first-order chi connectivity index (χ1) is 25.4. The topological polar surface area (TPSA) is 154 Å². The molecule has 1 aliphatic heterocycles. The first kappa shape index (κ1) is 33.2. The van der Waals surface area contributed by atoms with Crippen molar-refractivity contribution in [1.82, 2.24) is 24.8 Å². The Hall–Kier alpha value is -5.96. The van der Waals surface area contributed by atoms with Crippen LogP contribution in [0, 0.1) is 17.8 Å². The molecule has 11 heteroatoms. The van der Waals surface area contributed by atoms with Gasteiger partial charge in [-0.2, -0.15) is 0 Å². The van der Waals surface area contributed by atoms with Crippen molar-refractivity contribution in [2.45, 2.75) is 56.6 Å². The molecular formula is C41H37N5O6. The third-order valence-electron chi connectivity index (χ3n) is 9.80. The molecule has 2 aliphatic rings. The summed E-state index contributed by atoms with van der Waals surface area (Å²) >= 11 is 0. The van der Waals surface area contributed by atoms with Gasteiger partial charge in [-0.25, -0.2) is 14.8 Å². The second kappa shape index (κ2) is 14.3. The number of rotatable bonds is 7. The number of aliphatic hydroxyl groups is 2. The van der Waals surface area contributed by atoms with Gasteiger partial charge in [0.2, 0.25) is 0 Å². The smallest absolute Gasteiger partial charge is 0.410 e. The van der Waals surface area contributed by atoms with E-state index in [1.165, 1.54) is 4.90 Å². The van der Waals surface area contributed by atoms with Crippen LogP contribution in [0.15, 0.2) is 97.1 Å². The van der Waals surface area contributed by atoms with E-state index in [1.54, 1.807) is 0 Å². The van der Waals surface area contributed by atoms with Gasteiger partial charge in [0.15, 0.2) is 0 Å². The molecule has 1 aliphatic carbocycles. The molecule has 5 atom stereocenters. The molecule has 1 saturated heterocycles. The third-order valence-corrected chi connectivity index (χ3v) is 9.80. The van der Waals surface area contributed by atoms with Crippen molar-refractivity contribution < 1.29 is 29.3 Å². The number of H-pyrrole nitrogens is 2. The van der Waals surface area contributed by atoms with Crippen LogP contribution in [0.1, 0.15) is 65.1 Å². The summed E-state index contributed by atoms with van der Waals surface area (Å²) in [5.41, 5.74) is 6.35. The van der Waals surface area contributed by atoms with Gasteiger partial charge in [0.25, 0.3) is 0 Å². The number of fused-ring (bicyclic) bond motifs is 2. The molecular weight excluding hydrogens is 658 g/mol. The lowest BCUT2D eigenvalue weighted by Crippen LogP contribution is -2.32. The maximum Gasteiger partial charge on any atom is 0.410 e. The number of amides is 1. The molecule has 1 saturated carbocycles. The largest absolute Gasteiger partial charge is 0.461 e. The van der Waals surface area contributed by atoms with E-state index in [4.69, 9.17) is 19.4 Å². The van der Waals surface area contributed by atoms with Crippen LogP contribution in [-0.4, -0.2) is 65.9 Å². The summed E-state index contributed by atoms with van der Waals surface area (Å²) in [4.78, 5) is 43.9. The first-order valence-corrected chi connectivity index (χ1v) is 17.4. The van der Waals surface area contributed by atoms with Crippen LogP contribution in [0.25, 0.3) is 22.1 Å². The number of hydrogen-bond acceptors (Lipinski definition) is 8. The summed E-state index contributed by atoms with van der Waals surface area (Å²) in [5, 5.41) is 20.9. The minimum atomic E-state index is -0.681. The Morgan fingerprint density at radius 1 is 0.712 bits per heavy atom. The monoisotopic (exact) mass is 695 g/mol. The van der Waals surface area contributed by atoms with Crippen LogP contribution in [0.3, 0.4) is 0 Å². The highest BCUT2D eigenvalue weighted by Crippen LogP contribution is 2.40. The Morgan fingerprint density at radius 2 is 1.29 bits per heavy atom. The lowest BCUT2D eigenvalue weighted by molar-refractivity contribution is -0.150. The van der Waals surface area contributed by atoms with Crippen LogP contribution in [-0.2, 0) is 27.5 Å². The summed E-state index contributed by atoms with van der Waals surface area (Å²) in [6.07, 6.45) is -0.685. The zero-order chi connectivity index (χ0) is 35.6. The number of benzene rings is 4. The third kappa shape index (κ3) is 7.12. The highest BCUT2D eigenvalue weighted by Gasteiger charge is 2.42. The first-order valence-electron chi connectivity index (χ1n) is 17.4. The molecule has 11 nitrogen and oxygen atoms in total. The van der Waals surface area contributed by atoms with E-state index < -0.39 is 30.3 Å². The van der Waals surface area contributed by atoms with Crippen molar-refractivity contribution in [2.75, 3.05) is 6.54 Å². The highest BCUT2D eigenvalue weighted by molar-refractivity contribution is 5.79. The standard InChI is InChI=1S/C41H37N5O6/c47-29-19-31(32(20-29)40(49)51-23-27-7-3-1-4-8-27)38-42-33-15-13-25(17-35(33)44-38)11-12-26-14-16-34-36(18-26)45-39(43-34)37-21-30(48)22-46(37)41(50)52-24-28-9-5-2-6-10-28/h1-10,13-18,29-32,37,47-48H,19-24H2,(H,42,44)(H,43,45)/t29-,30-,31-,32?,37+/m1/s1. The second-order valence-electron chi connectivity index (χ2n) is 13.5. The van der Waals surface area contributed by atoms with Crippen molar-refractivity contribution in [3.63, 3.8) is 0 Å². The van der Waals surface area contributed by atoms with Crippen LogP contribution >= 0.6 is 0 Å². The molecule has 0 spiro atoms. The van der Waals surface area contributed by atoms with Gasteiger partial charge in [-0.3, -0.25) is 9.69 Å². The van der Waals surface area contributed by atoms with Crippen molar-refractivity contribution >= 4 is 34.1 Å². The summed E-state index contributed by atoms with van der Waals surface area (Å²) in [7, 11) is 0. The van der Waals surface area contributed by atoms with E-state index in [0.717, 1.165) is 38.8 Å². The molecule has 6 aromatic rings. The average Bonchev–Trinajstić information content (AvgIpc) is 3.96. The predicted octanol–water partition coefficient (Wildman–Crippen LogP) is 5.88. The van der Waals surface area contributed by atoms with Gasteiger partial charge in [0.1, 0.15) is 24.9 Å². The Kier molecular flexibility index (Phi) is 9.16. The molecule has 2 aromatic heterocycles. The Bertz CT molecular complexity index is 2130. The summed E-state index contributed by atoms with van der Waals surface area (Å²) in [6.45, 7) is 0.496. The van der Waals surface area contributed by atoms with Crippen LogP contribution in [0.5, 0.6) is 0 Å². The zero-order valence-corrected chi connectivity index (χ0v) is 28.2. The highest BCUT2D eigenvalue weighted by atomic mass is 16.6. The molecule has 4 N–H and O–H groups in total. The number of esters is 1. The van der Waals surface area contributed by atoms with Crippen molar-refractivity contribution in [3.05, 3.63) is 131 Å². The number of ether oxygens (including phenoxy) is 2. The van der Waals surface area contributed by atoms with E-state index in [1.807, 2.05) is 97.1 Å². The Labute approximate surface area is 299 Å². The van der Waals surface area contributed by atoms with Crippen molar-refractivity contribution in [2.24, 2.45) is 5.92 Å². The molecule has 0 radical (unpaired) electrons. The fourth-order valence-electron chi connectivity index (χ4n) is 7.17. The normalized spacial score (nSPS) is 21.3. The van der Waals surface area contributed by atoms with Gasteiger partial charge < -0.3 is 29.7 Å². The van der Waals surface area contributed by atoms with E-state index in [2.05, 4.69) is 21.8 Å².